The lowest BCUT2D eigenvalue weighted by atomic mass is 9.77. The van der Waals surface area contributed by atoms with Gasteiger partial charge in [-0.05, 0) is 31.1 Å². The third-order valence-electron chi connectivity index (χ3n) is 6.26. The van der Waals surface area contributed by atoms with Gasteiger partial charge in [-0.1, -0.05) is 84.5 Å². The molecule has 0 aromatic carbocycles. The molecular formula is C22H42O2. The first-order chi connectivity index (χ1) is 11.8. The Morgan fingerprint density at radius 3 is 2.00 bits per heavy atom. The van der Waals surface area contributed by atoms with Crippen molar-refractivity contribution in [1.82, 2.24) is 0 Å². The standard InChI is InChI=1S/C22H42O2/c1-3-5-7-8-10-12-21-17-24-22(18-23-21)20-15-13-19(14-16-20)11-9-6-4-2/h19-22H,3-18H2,1-2H3. The van der Waals surface area contributed by atoms with E-state index in [1.807, 2.05) is 0 Å². The fourth-order valence-electron chi connectivity index (χ4n) is 4.50. The quantitative estimate of drug-likeness (QED) is 0.399. The molecule has 0 spiro atoms. The van der Waals surface area contributed by atoms with Crippen molar-refractivity contribution in [2.75, 3.05) is 13.2 Å². The Bertz CT molecular complexity index is 288. The second-order valence-corrected chi connectivity index (χ2v) is 8.31. The van der Waals surface area contributed by atoms with E-state index >= 15 is 0 Å². The van der Waals surface area contributed by atoms with Gasteiger partial charge in [0, 0.05) is 0 Å². The second kappa shape index (κ2) is 12.3. The predicted molar refractivity (Wildman–Crippen MR) is 102 cm³/mol. The van der Waals surface area contributed by atoms with E-state index < -0.39 is 0 Å². The summed E-state index contributed by atoms with van der Waals surface area (Å²) in [7, 11) is 0. The predicted octanol–water partition coefficient (Wildman–Crippen LogP) is 6.52. The highest BCUT2D eigenvalue weighted by atomic mass is 16.6. The molecule has 1 aliphatic carbocycles. The molecule has 2 atom stereocenters. The average molecular weight is 339 g/mol. The topological polar surface area (TPSA) is 18.5 Å². The molecule has 1 aliphatic heterocycles. The summed E-state index contributed by atoms with van der Waals surface area (Å²) < 4.78 is 12.3. The third-order valence-corrected chi connectivity index (χ3v) is 6.26. The van der Waals surface area contributed by atoms with Crippen LogP contribution in [0.5, 0.6) is 0 Å². The molecule has 0 aromatic heterocycles. The second-order valence-electron chi connectivity index (χ2n) is 8.31. The Labute approximate surface area is 151 Å². The highest BCUT2D eigenvalue weighted by molar-refractivity contribution is 4.81. The Morgan fingerprint density at radius 1 is 0.667 bits per heavy atom. The van der Waals surface area contributed by atoms with Gasteiger partial charge in [0.15, 0.2) is 0 Å². The first-order valence-electron chi connectivity index (χ1n) is 11.1. The van der Waals surface area contributed by atoms with Crippen LogP contribution in [-0.2, 0) is 9.47 Å². The van der Waals surface area contributed by atoms with E-state index in [9.17, 15) is 0 Å². The van der Waals surface area contributed by atoms with E-state index in [1.165, 1.54) is 89.9 Å². The van der Waals surface area contributed by atoms with E-state index in [2.05, 4.69) is 13.8 Å². The van der Waals surface area contributed by atoms with Crippen LogP contribution in [0.25, 0.3) is 0 Å². The molecule has 1 heterocycles. The summed E-state index contributed by atoms with van der Waals surface area (Å²) in [6, 6.07) is 0. The van der Waals surface area contributed by atoms with Gasteiger partial charge in [-0.2, -0.15) is 0 Å². The molecule has 0 aromatic rings. The first kappa shape index (κ1) is 20.2. The van der Waals surface area contributed by atoms with Crippen LogP contribution in [0, 0.1) is 11.8 Å². The van der Waals surface area contributed by atoms with Gasteiger partial charge in [0.1, 0.15) is 0 Å². The number of hydrogen-bond acceptors (Lipinski definition) is 2. The van der Waals surface area contributed by atoms with Gasteiger partial charge >= 0.3 is 0 Å². The minimum absolute atomic E-state index is 0.369. The van der Waals surface area contributed by atoms with Crippen LogP contribution < -0.4 is 0 Å². The van der Waals surface area contributed by atoms with Crippen molar-refractivity contribution >= 4 is 0 Å². The molecule has 2 heteroatoms. The van der Waals surface area contributed by atoms with Crippen molar-refractivity contribution in [3.05, 3.63) is 0 Å². The molecule has 2 nitrogen and oxygen atoms in total. The van der Waals surface area contributed by atoms with Crippen molar-refractivity contribution in [2.45, 2.75) is 116 Å². The number of ether oxygens (including phenoxy) is 2. The average Bonchev–Trinajstić information content (AvgIpc) is 2.63. The van der Waals surface area contributed by atoms with Crippen LogP contribution in [0.3, 0.4) is 0 Å². The maximum atomic E-state index is 6.22. The largest absolute Gasteiger partial charge is 0.373 e. The maximum absolute atomic E-state index is 6.22. The molecule has 0 radical (unpaired) electrons. The summed E-state index contributed by atoms with van der Waals surface area (Å²) in [4.78, 5) is 0. The zero-order valence-electron chi connectivity index (χ0n) is 16.4. The van der Waals surface area contributed by atoms with Crippen LogP contribution in [-0.4, -0.2) is 25.4 Å². The molecule has 2 aliphatic rings. The van der Waals surface area contributed by atoms with Crippen LogP contribution >= 0.6 is 0 Å². The zero-order chi connectivity index (χ0) is 17.0. The first-order valence-corrected chi connectivity index (χ1v) is 11.1. The molecule has 24 heavy (non-hydrogen) atoms. The molecule has 142 valence electrons. The molecule has 0 bridgehead atoms. The Balaban J connectivity index is 1.53. The highest BCUT2D eigenvalue weighted by Crippen LogP contribution is 2.35. The summed E-state index contributed by atoms with van der Waals surface area (Å²) in [6.45, 7) is 6.27. The number of hydrogen-bond donors (Lipinski definition) is 0. The molecule has 1 saturated carbocycles. The van der Waals surface area contributed by atoms with Crippen LogP contribution in [0.15, 0.2) is 0 Å². The van der Waals surface area contributed by atoms with Crippen molar-refractivity contribution in [3.63, 3.8) is 0 Å². The fraction of sp³-hybridized carbons (Fsp3) is 1.00. The lowest BCUT2D eigenvalue weighted by Gasteiger charge is -2.38. The summed E-state index contributed by atoms with van der Waals surface area (Å²) >= 11 is 0. The summed E-state index contributed by atoms with van der Waals surface area (Å²) in [6.07, 6.45) is 20.0. The highest BCUT2D eigenvalue weighted by Gasteiger charge is 2.31. The summed E-state index contributed by atoms with van der Waals surface area (Å²) in [5.41, 5.74) is 0. The lowest BCUT2D eigenvalue weighted by molar-refractivity contribution is -0.157. The summed E-state index contributed by atoms with van der Waals surface area (Å²) in [5.74, 6) is 1.76. The smallest absolute Gasteiger partial charge is 0.0838 e. The van der Waals surface area contributed by atoms with Gasteiger partial charge < -0.3 is 9.47 Å². The van der Waals surface area contributed by atoms with Crippen molar-refractivity contribution < 1.29 is 9.47 Å². The van der Waals surface area contributed by atoms with Gasteiger partial charge in [0.05, 0.1) is 25.4 Å². The van der Waals surface area contributed by atoms with Crippen molar-refractivity contribution in [1.29, 1.82) is 0 Å². The Hall–Kier alpha value is -0.0800. The molecule has 2 unspecified atom stereocenters. The minimum Gasteiger partial charge on any atom is -0.373 e. The van der Waals surface area contributed by atoms with E-state index in [4.69, 9.17) is 9.47 Å². The van der Waals surface area contributed by atoms with Gasteiger partial charge in [-0.3, -0.25) is 0 Å². The van der Waals surface area contributed by atoms with Gasteiger partial charge in [-0.15, -0.1) is 0 Å². The lowest BCUT2D eigenvalue weighted by Crippen LogP contribution is -2.41. The van der Waals surface area contributed by atoms with E-state index in [-0.39, 0.29) is 0 Å². The number of rotatable bonds is 11. The molecule has 1 saturated heterocycles. The third kappa shape index (κ3) is 7.44. The van der Waals surface area contributed by atoms with Crippen LogP contribution in [0.1, 0.15) is 104 Å². The van der Waals surface area contributed by atoms with Crippen LogP contribution in [0.4, 0.5) is 0 Å². The van der Waals surface area contributed by atoms with Gasteiger partial charge in [0.25, 0.3) is 0 Å². The minimum atomic E-state index is 0.369. The number of unbranched alkanes of at least 4 members (excludes halogenated alkanes) is 6. The van der Waals surface area contributed by atoms with E-state index in [0.29, 0.717) is 12.2 Å². The summed E-state index contributed by atoms with van der Waals surface area (Å²) in [5, 5.41) is 0. The Morgan fingerprint density at radius 2 is 1.33 bits per heavy atom. The Kier molecular flexibility index (Phi) is 10.4. The maximum Gasteiger partial charge on any atom is 0.0838 e. The fourth-order valence-corrected chi connectivity index (χ4v) is 4.50. The van der Waals surface area contributed by atoms with Crippen molar-refractivity contribution in [2.24, 2.45) is 11.8 Å². The van der Waals surface area contributed by atoms with E-state index in [0.717, 1.165) is 25.0 Å². The molecule has 0 N–H and O–H groups in total. The molecule has 2 fully saturated rings. The van der Waals surface area contributed by atoms with Gasteiger partial charge in [-0.25, -0.2) is 0 Å². The molecule has 2 rings (SSSR count). The van der Waals surface area contributed by atoms with Gasteiger partial charge in [0.2, 0.25) is 0 Å². The SMILES string of the molecule is CCCCCCCC1COC(C2CCC(CCCCC)CC2)CO1. The monoisotopic (exact) mass is 338 g/mol. The van der Waals surface area contributed by atoms with Crippen LogP contribution in [0.2, 0.25) is 0 Å². The molecular weight excluding hydrogens is 296 g/mol. The van der Waals surface area contributed by atoms with E-state index in [1.54, 1.807) is 0 Å². The normalized spacial score (nSPS) is 31.2. The zero-order valence-corrected chi connectivity index (χ0v) is 16.4. The molecule has 0 amide bonds. The van der Waals surface area contributed by atoms with Crippen molar-refractivity contribution in [3.8, 4) is 0 Å².